The maximum Gasteiger partial charge on any atom is 0.271 e. The second-order valence-electron chi connectivity index (χ2n) is 5.99. The van der Waals surface area contributed by atoms with Crippen LogP contribution in [0.15, 0.2) is 48.8 Å². The number of ether oxygens (including phenoxy) is 2. The Morgan fingerprint density at radius 2 is 1.93 bits per heavy atom. The van der Waals surface area contributed by atoms with Gasteiger partial charge in [0.1, 0.15) is 17.2 Å². The van der Waals surface area contributed by atoms with Crippen molar-refractivity contribution in [1.82, 2.24) is 24.9 Å². The Hall–Kier alpha value is -3.29. The van der Waals surface area contributed by atoms with Crippen LogP contribution in [-0.2, 0) is 13.3 Å². The molecule has 1 aromatic carbocycles. The third-order valence-electron chi connectivity index (χ3n) is 4.06. The number of aryl methyl sites for hydroxylation is 2. The summed E-state index contributed by atoms with van der Waals surface area (Å²) in [5, 5.41) is 11.3. The van der Waals surface area contributed by atoms with E-state index in [2.05, 4.69) is 15.5 Å². The van der Waals surface area contributed by atoms with Gasteiger partial charge >= 0.3 is 0 Å². The lowest BCUT2D eigenvalue weighted by molar-refractivity contribution is 0.0945. The quantitative estimate of drug-likeness (QED) is 0.585. The number of rotatable bonds is 9. The van der Waals surface area contributed by atoms with E-state index >= 15 is 0 Å². The van der Waals surface area contributed by atoms with E-state index in [9.17, 15) is 4.79 Å². The Balaban J connectivity index is 1.42. The fraction of sp³-hybridized carbons (Fsp3) is 0.316. The average Bonchev–Trinajstić information content (AvgIpc) is 3.33. The van der Waals surface area contributed by atoms with Crippen LogP contribution >= 0.6 is 0 Å². The van der Waals surface area contributed by atoms with E-state index in [0.29, 0.717) is 18.0 Å². The largest absolute Gasteiger partial charge is 0.497 e. The number of methoxy groups -OCH3 is 1. The summed E-state index contributed by atoms with van der Waals surface area (Å²) >= 11 is 0. The fourth-order valence-electron chi connectivity index (χ4n) is 2.52. The van der Waals surface area contributed by atoms with Crippen LogP contribution in [0.3, 0.4) is 0 Å². The Morgan fingerprint density at radius 1 is 1.15 bits per heavy atom. The van der Waals surface area contributed by atoms with Crippen LogP contribution in [0.5, 0.6) is 11.5 Å². The van der Waals surface area contributed by atoms with Gasteiger partial charge in [0.25, 0.3) is 5.91 Å². The number of nitrogens with zero attached hydrogens (tertiary/aromatic N) is 4. The predicted molar refractivity (Wildman–Crippen MR) is 99.8 cm³/mol. The van der Waals surface area contributed by atoms with Gasteiger partial charge < -0.3 is 14.8 Å². The minimum Gasteiger partial charge on any atom is -0.497 e. The summed E-state index contributed by atoms with van der Waals surface area (Å²) in [5.74, 6) is 1.27. The van der Waals surface area contributed by atoms with E-state index in [1.54, 1.807) is 30.3 Å². The highest BCUT2D eigenvalue weighted by molar-refractivity contribution is 5.92. The molecule has 1 amide bonds. The number of hydrogen-bond donors (Lipinski definition) is 1. The van der Waals surface area contributed by atoms with Crippen molar-refractivity contribution in [1.29, 1.82) is 0 Å². The molecule has 0 bridgehead atoms. The summed E-state index contributed by atoms with van der Waals surface area (Å²) in [6, 6.07) is 10.9. The fourth-order valence-corrected chi connectivity index (χ4v) is 2.52. The highest BCUT2D eigenvalue weighted by Gasteiger charge is 2.09. The molecule has 0 aliphatic rings. The molecule has 2 heterocycles. The Kier molecular flexibility index (Phi) is 6.09. The molecule has 0 fully saturated rings. The highest BCUT2D eigenvalue weighted by Crippen LogP contribution is 2.17. The lowest BCUT2D eigenvalue weighted by atomic mass is 10.3. The minimum atomic E-state index is -0.199. The monoisotopic (exact) mass is 369 g/mol. The van der Waals surface area contributed by atoms with E-state index in [0.717, 1.165) is 24.4 Å². The molecule has 0 aliphatic heterocycles. The van der Waals surface area contributed by atoms with Crippen molar-refractivity contribution in [2.75, 3.05) is 13.7 Å². The molecule has 3 rings (SSSR count). The maximum absolute atomic E-state index is 12.2. The smallest absolute Gasteiger partial charge is 0.271 e. The second kappa shape index (κ2) is 8.88. The van der Waals surface area contributed by atoms with Crippen molar-refractivity contribution >= 4 is 5.91 Å². The molecule has 0 aliphatic carbocycles. The first-order chi connectivity index (χ1) is 13.2. The molecule has 1 N–H and O–H groups in total. The van der Waals surface area contributed by atoms with Gasteiger partial charge in [-0.25, -0.2) is 4.68 Å². The average molecular weight is 369 g/mol. The molecule has 0 spiro atoms. The van der Waals surface area contributed by atoms with Crippen molar-refractivity contribution in [3.8, 4) is 11.5 Å². The van der Waals surface area contributed by atoms with Crippen LogP contribution in [0.4, 0.5) is 0 Å². The van der Waals surface area contributed by atoms with Crippen LogP contribution in [0.1, 0.15) is 22.6 Å². The highest BCUT2D eigenvalue weighted by atomic mass is 16.5. The normalized spacial score (nSPS) is 10.6. The van der Waals surface area contributed by atoms with E-state index in [4.69, 9.17) is 9.47 Å². The molecule has 0 radical (unpaired) electrons. The molecule has 8 nitrogen and oxygen atoms in total. The molecule has 8 heteroatoms. The van der Waals surface area contributed by atoms with Gasteiger partial charge in [-0.1, -0.05) is 0 Å². The first-order valence-electron chi connectivity index (χ1n) is 8.72. The first kappa shape index (κ1) is 18.5. The predicted octanol–water partition coefficient (Wildman–Crippen LogP) is 2.25. The molecule has 0 saturated heterocycles. The third-order valence-corrected chi connectivity index (χ3v) is 4.06. The first-order valence-corrected chi connectivity index (χ1v) is 8.72. The zero-order valence-electron chi connectivity index (χ0n) is 15.5. The summed E-state index contributed by atoms with van der Waals surface area (Å²) in [4.78, 5) is 12.2. The Bertz CT molecular complexity index is 870. The van der Waals surface area contributed by atoms with Crippen molar-refractivity contribution in [3.63, 3.8) is 0 Å². The number of amides is 1. The van der Waals surface area contributed by atoms with Crippen molar-refractivity contribution in [2.45, 2.75) is 26.6 Å². The summed E-state index contributed by atoms with van der Waals surface area (Å²) in [7, 11) is 1.62. The topological polar surface area (TPSA) is 83.2 Å². The maximum atomic E-state index is 12.2. The van der Waals surface area contributed by atoms with Gasteiger partial charge in [-0.3, -0.25) is 9.48 Å². The third kappa shape index (κ3) is 5.10. The zero-order valence-corrected chi connectivity index (χ0v) is 15.5. The van der Waals surface area contributed by atoms with E-state index in [-0.39, 0.29) is 12.6 Å². The zero-order chi connectivity index (χ0) is 19.1. The minimum absolute atomic E-state index is 0.199. The molecule has 2 aromatic heterocycles. The lowest BCUT2D eigenvalue weighted by Crippen LogP contribution is -2.26. The number of aromatic nitrogens is 4. The van der Waals surface area contributed by atoms with Crippen LogP contribution < -0.4 is 14.8 Å². The van der Waals surface area contributed by atoms with Crippen molar-refractivity contribution in [2.24, 2.45) is 0 Å². The number of benzene rings is 1. The summed E-state index contributed by atoms with van der Waals surface area (Å²) in [6.07, 6.45) is 4.29. The molecule has 0 saturated carbocycles. The van der Waals surface area contributed by atoms with Crippen LogP contribution in [0, 0.1) is 6.92 Å². The molecule has 27 heavy (non-hydrogen) atoms. The van der Waals surface area contributed by atoms with Gasteiger partial charge in [-0.05, 0) is 49.7 Å². The summed E-state index contributed by atoms with van der Waals surface area (Å²) in [5.41, 5.74) is 1.47. The van der Waals surface area contributed by atoms with E-state index in [1.165, 1.54) is 0 Å². The van der Waals surface area contributed by atoms with Crippen molar-refractivity contribution in [3.05, 3.63) is 60.2 Å². The SMILES string of the molecule is COc1ccc(OCn2ccc(C(=O)NCCCn3nccc3C)n2)cc1. The van der Waals surface area contributed by atoms with Crippen molar-refractivity contribution < 1.29 is 14.3 Å². The molecular weight excluding hydrogens is 346 g/mol. The van der Waals surface area contributed by atoms with Gasteiger partial charge in [-0.2, -0.15) is 10.2 Å². The second-order valence-corrected chi connectivity index (χ2v) is 5.99. The Morgan fingerprint density at radius 3 is 2.63 bits per heavy atom. The molecule has 0 atom stereocenters. The summed E-state index contributed by atoms with van der Waals surface area (Å²) in [6.45, 7) is 3.56. The number of nitrogens with one attached hydrogen (secondary N) is 1. The van der Waals surface area contributed by atoms with E-state index in [1.807, 2.05) is 41.9 Å². The van der Waals surface area contributed by atoms with Crippen LogP contribution in [0.25, 0.3) is 0 Å². The molecule has 142 valence electrons. The number of carbonyl (C=O) groups excluding carboxylic acids is 1. The van der Waals surface area contributed by atoms with Gasteiger partial charge in [-0.15, -0.1) is 0 Å². The molecular formula is C19H23N5O3. The Labute approximate surface area is 157 Å². The summed E-state index contributed by atoms with van der Waals surface area (Å²) < 4.78 is 14.2. The molecule has 0 unspecified atom stereocenters. The molecule has 3 aromatic rings. The lowest BCUT2D eigenvalue weighted by Gasteiger charge is -2.07. The number of hydrogen-bond acceptors (Lipinski definition) is 5. The number of carbonyl (C=O) groups is 1. The van der Waals surface area contributed by atoms with E-state index < -0.39 is 0 Å². The van der Waals surface area contributed by atoms with Crippen LogP contribution in [0.2, 0.25) is 0 Å². The van der Waals surface area contributed by atoms with Gasteiger partial charge in [0.15, 0.2) is 6.73 Å². The standard InChI is InChI=1S/C19H23N5O3/c1-15-8-11-21-24(15)12-3-10-20-19(25)18-9-13-23(22-18)14-27-17-6-4-16(26-2)5-7-17/h4-9,11,13H,3,10,12,14H2,1-2H3,(H,20,25). The van der Waals surface area contributed by atoms with Crippen LogP contribution in [-0.4, -0.2) is 39.1 Å². The van der Waals surface area contributed by atoms with Gasteiger partial charge in [0.2, 0.25) is 0 Å². The van der Waals surface area contributed by atoms with Gasteiger partial charge in [0, 0.05) is 31.2 Å². The van der Waals surface area contributed by atoms with Gasteiger partial charge in [0.05, 0.1) is 7.11 Å².